The van der Waals surface area contributed by atoms with Crippen LogP contribution in [0.25, 0.3) is 0 Å². The highest BCUT2D eigenvalue weighted by Crippen LogP contribution is 2.11. The molecular formula is C16H19NO. The van der Waals surface area contributed by atoms with Gasteiger partial charge in [-0.2, -0.15) is 0 Å². The first-order chi connectivity index (χ1) is 8.88. The molecule has 0 radical (unpaired) electrons. The summed E-state index contributed by atoms with van der Waals surface area (Å²) in [5, 5.41) is 0. The zero-order valence-electron chi connectivity index (χ0n) is 10.8. The first-order valence-corrected chi connectivity index (χ1v) is 6.33. The Bertz CT molecular complexity index is 445. The largest absolute Gasteiger partial charge is 0.377 e. The number of benzene rings is 1. The van der Waals surface area contributed by atoms with Gasteiger partial charge in [-0.1, -0.05) is 48.6 Å². The molecule has 0 saturated carbocycles. The predicted molar refractivity (Wildman–Crippen MR) is 76.1 cm³/mol. The fourth-order valence-corrected chi connectivity index (χ4v) is 1.90. The molecule has 0 heterocycles. The maximum absolute atomic E-state index is 5.25. The van der Waals surface area contributed by atoms with Gasteiger partial charge in [0.2, 0.25) is 0 Å². The van der Waals surface area contributed by atoms with E-state index in [1.54, 1.807) is 7.11 Å². The van der Waals surface area contributed by atoms with E-state index in [4.69, 9.17) is 4.74 Å². The van der Waals surface area contributed by atoms with E-state index in [9.17, 15) is 0 Å². The van der Waals surface area contributed by atoms with E-state index in [1.165, 1.54) is 11.1 Å². The van der Waals surface area contributed by atoms with Gasteiger partial charge in [0.25, 0.3) is 0 Å². The molecule has 0 spiro atoms. The fraction of sp³-hybridized carbons (Fsp3) is 0.312. The summed E-state index contributed by atoms with van der Waals surface area (Å²) < 4.78 is 5.25. The lowest BCUT2D eigenvalue weighted by Gasteiger charge is -2.12. The van der Waals surface area contributed by atoms with Crippen molar-refractivity contribution in [3.8, 4) is 0 Å². The molecule has 0 aliphatic heterocycles. The first-order valence-electron chi connectivity index (χ1n) is 6.33. The number of methoxy groups -OCH3 is 1. The minimum Gasteiger partial charge on any atom is -0.377 e. The minimum atomic E-state index is 0.228. The molecule has 1 aromatic carbocycles. The molecule has 0 bridgehead atoms. The van der Waals surface area contributed by atoms with Crippen LogP contribution in [0.15, 0.2) is 59.1 Å². The molecule has 0 saturated heterocycles. The van der Waals surface area contributed by atoms with E-state index in [0.29, 0.717) is 0 Å². The Labute approximate surface area is 109 Å². The SMILES string of the molecule is COC1C=CC(/C=N/CCc2ccccc2)=CC1. The van der Waals surface area contributed by atoms with Crippen LogP contribution in [0.1, 0.15) is 12.0 Å². The van der Waals surface area contributed by atoms with Crippen molar-refractivity contribution in [1.82, 2.24) is 0 Å². The minimum absolute atomic E-state index is 0.228. The Morgan fingerprint density at radius 3 is 2.83 bits per heavy atom. The monoisotopic (exact) mass is 241 g/mol. The molecule has 18 heavy (non-hydrogen) atoms. The summed E-state index contributed by atoms with van der Waals surface area (Å²) in [7, 11) is 1.74. The lowest BCUT2D eigenvalue weighted by Crippen LogP contribution is -2.08. The van der Waals surface area contributed by atoms with Gasteiger partial charge in [0.15, 0.2) is 0 Å². The van der Waals surface area contributed by atoms with Crippen LogP contribution in [0.5, 0.6) is 0 Å². The third-order valence-electron chi connectivity index (χ3n) is 3.00. The van der Waals surface area contributed by atoms with Gasteiger partial charge < -0.3 is 4.74 Å². The molecular weight excluding hydrogens is 222 g/mol. The average Bonchev–Trinajstić information content (AvgIpc) is 2.45. The Morgan fingerprint density at radius 1 is 1.33 bits per heavy atom. The van der Waals surface area contributed by atoms with Crippen molar-refractivity contribution in [3.63, 3.8) is 0 Å². The average molecular weight is 241 g/mol. The molecule has 2 nitrogen and oxygen atoms in total. The summed E-state index contributed by atoms with van der Waals surface area (Å²) in [5.74, 6) is 0. The molecule has 1 aliphatic rings. The van der Waals surface area contributed by atoms with Crippen LogP contribution in [0, 0.1) is 0 Å². The summed E-state index contributed by atoms with van der Waals surface area (Å²) >= 11 is 0. The molecule has 1 atom stereocenters. The van der Waals surface area contributed by atoms with Gasteiger partial charge in [-0.15, -0.1) is 0 Å². The Hall–Kier alpha value is -1.67. The van der Waals surface area contributed by atoms with Crippen molar-refractivity contribution < 1.29 is 4.74 Å². The van der Waals surface area contributed by atoms with Crippen LogP contribution >= 0.6 is 0 Å². The summed E-state index contributed by atoms with van der Waals surface area (Å²) in [4.78, 5) is 4.46. The molecule has 0 N–H and O–H groups in total. The normalized spacial score (nSPS) is 19.2. The fourth-order valence-electron chi connectivity index (χ4n) is 1.90. The lowest BCUT2D eigenvalue weighted by atomic mass is 10.1. The van der Waals surface area contributed by atoms with E-state index in [-0.39, 0.29) is 6.10 Å². The number of rotatable bonds is 5. The summed E-state index contributed by atoms with van der Waals surface area (Å²) in [6.07, 6.45) is 10.4. The van der Waals surface area contributed by atoms with Gasteiger partial charge in [0, 0.05) is 19.9 Å². The van der Waals surface area contributed by atoms with Gasteiger partial charge in [-0.05, 0) is 24.0 Å². The Balaban J connectivity index is 1.76. The molecule has 1 aromatic rings. The van der Waals surface area contributed by atoms with Crippen LogP contribution in [-0.2, 0) is 11.2 Å². The van der Waals surface area contributed by atoms with Gasteiger partial charge in [-0.3, -0.25) is 4.99 Å². The zero-order valence-corrected chi connectivity index (χ0v) is 10.8. The van der Waals surface area contributed by atoms with E-state index >= 15 is 0 Å². The molecule has 0 fully saturated rings. The summed E-state index contributed by atoms with van der Waals surface area (Å²) in [6, 6.07) is 10.4. The van der Waals surface area contributed by atoms with Crippen LogP contribution in [0.2, 0.25) is 0 Å². The second-order valence-corrected chi connectivity index (χ2v) is 4.34. The van der Waals surface area contributed by atoms with Gasteiger partial charge in [0.1, 0.15) is 0 Å². The number of nitrogens with zero attached hydrogens (tertiary/aromatic N) is 1. The molecule has 1 aliphatic carbocycles. The number of aliphatic imine (C=N–C) groups is 1. The van der Waals surface area contributed by atoms with E-state index in [1.807, 2.05) is 12.3 Å². The van der Waals surface area contributed by atoms with Crippen molar-refractivity contribution >= 4 is 6.21 Å². The topological polar surface area (TPSA) is 21.6 Å². The quantitative estimate of drug-likeness (QED) is 0.725. The number of allylic oxidation sites excluding steroid dienone is 2. The second kappa shape index (κ2) is 6.92. The maximum Gasteiger partial charge on any atom is 0.0790 e. The van der Waals surface area contributed by atoms with Crippen LogP contribution in [-0.4, -0.2) is 26.0 Å². The number of hydrogen-bond donors (Lipinski definition) is 0. The predicted octanol–water partition coefficient (Wildman–Crippen LogP) is 3.20. The maximum atomic E-state index is 5.25. The third kappa shape index (κ3) is 3.97. The van der Waals surface area contributed by atoms with Crippen molar-refractivity contribution in [1.29, 1.82) is 0 Å². The summed E-state index contributed by atoms with van der Waals surface area (Å²) in [6.45, 7) is 0.836. The smallest absolute Gasteiger partial charge is 0.0790 e. The van der Waals surface area contributed by atoms with Gasteiger partial charge >= 0.3 is 0 Å². The van der Waals surface area contributed by atoms with E-state index < -0.39 is 0 Å². The third-order valence-corrected chi connectivity index (χ3v) is 3.00. The lowest BCUT2D eigenvalue weighted by molar-refractivity contribution is 0.142. The molecule has 0 aromatic heterocycles. The molecule has 1 unspecified atom stereocenters. The number of ether oxygens (including phenoxy) is 1. The Kier molecular flexibility index (Phi) is 4.91. The van der Waals surface area contributed by atoms with Crippen molar-refractivity contribution in [2.45, 2.75) is 18.9 Å². The second-order valence-electron chi connectivity index (χ2n) is 4.34. The van der Waals surface area contributed by atoms with Crippen LogP contribution in [0.3, 0.4) is 0 Å². The van der Waals surface area contributed by atoms with E-state index in [2.05, 4.69) is 47.5 Å². The van der Waals surface area contributed by atoms with Crippen LogP contribution < -0.4 is 0 Å². The van der Waals surface area contributed by atoms with Crippen molar-refractivity contribution in [2.75, 3.05) is 13.7 Å². The van der Waals surface area contributed by atoms with Crippen molar-refractivity contribution in [3.05, 3.63) is 59.7 Å². The first kappa shape index (κ1) is 12.8. The van der Waals surface area contributed by atoms with Gasteiger partial charge in [0.05, 0.1) is 6.10 Å². The molecule has 94 valence electrons. The highest BCUT2D eigenvalue weighted by atomic mass is 16.5. The highest BCUT2D eigenvalue weighted by Gasteiger charge is 2.04. The van der Waals surface area contributed by atoms with Gasteiger partial charge in [-0.25, -0.2) is 0 Å². The summed E-state index contributed by atoms with van der Waals surface area (Å²) in [5.41, 5.74) is 2.51. The van der Waals surface area contributed by atoms with Crippen LogP contribution in [0.4, 0.5) is 0 Å². The van der Waals surface area contributed by atoms with Crippen molar-refractivity contribution in [2.24, 2.45) is 4.99 Å². The standard InChI is InChI=1S/C16H19NO/c1-18-16-9-7-15(8-10-16)13-17-12-11-14-5-3-2-4-6-14/h2-9,13,16H,10-12H2,1H3/b17-13+. The zero-order chi connectivity index (χ0) is 12.6. The Morgan fingerprint density at radius 2 is 2.17 bits per heavy atom. The highest BCUT2D eigenvalue weighted by molar-refractivity contribution is 5.82. The number of hydrogen-bond acceptors (Lipinski definition) is 2. The molecule has 0 amide bonds. The molecule has 2 heteroatoms. The molecule has 2 rings (SSSR count). The van der Waals surface area contributed by atoms with E-state index in [0.717, 1.165) is 19.4 Å².